The molecule has 2 atom stereocenters. The summed E-state index contributed by atoms with van der Waals surface area (Å²) in [6.07, 6.45) is 2.39. The van der Waals surface area contributed by atoms with Gasteiger partial charge in [-0.2, -0.15) is 0 Å². The number of aliphatic hydroxyl groups excluding tert-OH is 1. The molecule has 0 aliphatic heterocycles. The van der Waals surface area contributed by atoms with E-state index >= 15 is 0 Å². The largest absolute Gasteiger partial charge is 0.391 e. The van der Waals surface area contributed by atoms with Crippen LogP contribution in [-0.4, -0.2) is 17.3 Å². The Balaban J connectivity index is 2.10. The summed E-state index contributed by atoms with van der Waals surface area (Å²) >= 11 is 0. The highest BCUT2D eigenvalue weighted by Gasteiger charge is 2.25. The topological polar surface area (TPSA) is 32.3 Å². The standard InChI is InChI=1S/C12H16FNO/c1-8-5-6-10(9(13)7-8)14-11-3-2-4-12(11)15/h5-7,11-12,14-15H,2-4H2,1H3. The van der Waals surface area contributed by atoms with Crippen molar-refractivity contribution in [1.82, 2.24) is 0 Å². The Labute approximate surface area is 89.1 Å². The summed E-state index contributed by atoms with van der Waals surface area (Å²) in [5.74, 6) is -0.242. The Bertz CT molecular complexity index is 353. The van der Waals surface area contributed by atoms with Crippen LogP contribution in [0.5, 0.6) is 0 Å². The van der Waals surface area contributed by atoms with Crippen molar-refractivity contribution < 1.29 is 9.50 Å². The number of hydrogen-bond donors (Lipinski definition) is 2. The van der Waals surface area contributed by atoms with Gasteiger partial charge in [0.15, 0.2) is 0 Å². The summed E-state index contributed by atoms with van der Waals surface area (Å²) in [4.78, 5) is 0. The molecule has 2 rings (SSSR count). The van der Waals surface area contributed by atoms with E-state index in [1.54, 1.807) is 6.07 Å². The summed E-state index contributed by atoms with van der Waals surface area (Å²) in [6.45, 7) is 1.86. The molecular weight excluding hydrogens is 193 g/mol. The average Bonchev–Trinajstić information content (AvgIpc) is 2.57. The lowest BCUT2D eigenvalue weighted by atomic mass is 10.1. The molecule has 0 spiro atoms. The molecule has 0 saturated heterocycles. The van der Waals surface area contributed by atoms with Crippen molar-refractivity contribution in [2.45, 2.75) is 38.3 Å². The van der Waals surface area contributed by atoms with E-state index in [4.69, 9.17) is 0 Å². The third-order valence-corrected chi connectivity index (χ3v) is 2.94. The molecule has 0 amide bonds. The number of aryl methyl sites for hydroxylation is 1. The highest BCUT2D eigenvalue weighted by Crippen LogP contribution is 2.24. The van der Waals surface area contributed by atoms with E-state index in [0.717, 1.165) is 24.8 Å². The Hall–Kier alpha value is -1.09. The molecule has 3 heteroatoms. The molecule has 2 unspecified atom stereocenters. The maximum absolute atomic E-state index is 13.5. The number of nitrogens with one attached hydrogen (secondary N) is 1. The van der Waals surface area contributed by atoms with Gasteiger partial charge in [0, 0.05) is 0 Å². The summed E-state index contributed by atoms with van der Waals surface area (Å²) in [6, 6.07) is 5.11. The van der Waals surface area contributed by atoms with E-state index in [2.05, 4.69) is 5.32 Å². The van der Waals surface area contributed by atoms with Gasteiger partial charge in [0.1, 0.15) is 5.82 Å². The second-order valence-corrected chi connectivity index (χ2v) is 4.23. The Kier molecular flexibility index (Phi) is 2.91. The highest BCUT2D eigenvalue weighted by atomic mass is 19.1. The Morgan fingerprint density at radius 1 is 1.40 bits per heavy atom. The van der Waals surface area contributed by atoms with Crippen molar-refractivity contribution in [3.8, 4) is 0 Å². The lowest BCUT2D eigenvalue weighted by Crippen LogP contribution is -2.28. The van der Waals surface area contributed by atoms with Gasteiger partial charge in [-0.25, -0.2) is 4.39 Å². The molecule has 2 N–H and O–H groups in total. The van der Waals surface area contributed by atoms with Crippen LogP contribution in [-0.2, 0) is 0 Å². The third kappa shape index (κ3) is 2.29. The van der Waals surface area contributed by atoms with Gasteiger partial charge in [0.05, 0.1) is 17.8 Å². The van der Waals surface area contributed by atoms with Gasteiger partial charge in [-0.3, -0.25) is 0 Å². The first-order valence-electron chi connectivity index (χ1n) is 5.37. The molecule has 15 heavy (non-hydrogen) atoms. The van der Waals surface area contributed by atoms with Crippen LogP contribution in [0, 0.1) is 12.7 Å². The molecule has 1 fully saturated rings. The SMILES string of the molecule is Cc1ccc(NC2CCCC2O)c(F)c1. The zero-order chi connectivity index (χ0) is 10.8. The van der Waals surface area contributed by atoms with Crippen molar-refractivity contribution in [1.29, 1.82) is 0 Å². The van der Waals surface area contributed by atoms with E-state index in [0.29, 0.717) is 5.69 Å². The molecule has 0 bridgehead atoms. The van der Waals surface area contributed by atoms with Crippen molar-refractivity contribution in [3.05, 3.63) is 29.6 Å². The second kappa shape index (κ2) is 4.19. The zero-order valence-corrected chi connectivity index (χ0v) is 8.83. The number of anilines is 1. The number of benzene rings is 1. The van der Waals surface area contributed by atoms with E-state index in [-0.39, 0.29) is 18.0 Å². The summed E-state index contributed by atoms with van der Waals surface area (Å²) in [5, 5.41) is 12.7. The quantitative estimate of drug-likeness (QED) is 0.784. The lowest BCUT2D eigenvalue weighted by Gasteiger charge is -2.18. The smallest absolute Gasteiger partial charge is 0.146 e. The number of hydrogen-bond acceptors (Lipinski definition) is 2. The molecule has 82 valence electrons. The van der Waals surface area contributed by atoms with Crippen LogP contribution in [0.15, 0.2) is 18.2 Å². The predicted molar refractivity (Wildman–Crippen MR) is 58.4 cm³/mol. The first kappa shape index (κ1) is 10.4. The molecule has 1 aromatic carbocycles. The number of halogens is 1. The van der Waals surface area contributed by atoms with Crippen LogP contribution >= 0.6 is 0 Å². The molecule has 1 saturated carbocycles. The summed E-state index contributed by atoms with van der Waals surface area (Å²) < 4.78 is 13.5. The Morgan fingerprint density at radius 2 is 2.20 bits per heavy atom. The van der Waals surface area contributed by atoms with Gasteiger partial charge in [0.2, 0.25) is 0 Å². The van der Waals surface area contributed by atoms with Gasteiger partial charge in [-0.15, -0.1) is 0 Å². The predicted octanol–water partition coefficient (Wildman–Crippen LogP) is 2.46. The second-order valence-electron chi connectivity index (χ2n) is 4.23. The van der Waals surface area contributed by atoms with Crippen LogP contribution in [0.1, 0.15) is 24.8 Å². The molecule has 0 heterocycles. The maximum Gasteiger partial charge on any atom is 0.146 e. The van der Waals surface area contributed by atoms with Gasteiger partial charge in [0.25, 0.3) is 0 Å². The normalized spacial score (nSPS) is 25.5. The minimum Gasteiger partial charge on any atom is -0.391 e. The zero-order valence-electron chi connectivity index (χ0n) is 8.83. The third-order valence-electron chi connectivity index (χ3n) is 2.94. The molecular formula is C12H16FNO. The monoisotopic (exact) mass is 209 g/mol. The van der Waals surface area contributed by atoms with Crippen molar-refractivity contribution >= 4 is 5.69 Å². The fraction of sp³-hybridized carbons (Fsp3) is 0.500. The van der Waals surface area contributed by atoms with Gasteiger partial charge >= 0.3 is 0 Å². The molecule has 1 aliphatic rings. The van der Waals surface area contributed by atoms with E-state index < -0.39 is 0 Å². The van der Waals surface area contributed by atoms with E-state index in [1.165, 1.54) is 6.07 Å². The van der Waals surface area contributed by atoms with E-state index in [1.807, 2.05) is 13.0 Å². The summed E-state index contributed by atoms with van der Waals surface area (Å²) in [7, 11) is 0. The average molecular weight is 209 g/mol. The minimum absolute atomic E-state index is 0.00204. The van der Waals surface area contributed by atoms with Crippen LogP contribution in [0.2, 0.25) is 0 Å². The van der Waals surface area contributed by atoms with Gasteiger partial charge in [-0.1, -0.05) is 6.07 Å². The summed E-state index contributed by atoms with van der Waals surface area (Å²) in [5.41, 5.74) is 1.40. The van der Waals surface area contributed by atoms with Gasteiger partial charge < -0.3 is 10.4 Å². The fourth-order valence-corrected chi connectivity index (χ4v) is 2.05. The number of aliphatic hydroxyl groups is 1. The van der Waals surface area contributed by atoms with Gasteiger partial charge in [-0.05, 0) is 43.9 Å². The lowest BCUT2D eigenvalue weighted by molar-refractivity contribution is 0.171. The maximum atomic E-state index is 13.5. The van der Waals surface area contributed by atoms with E-state index in [9.17, 15) is 9.50 Å². The van der Waals surface area contributed by atoms with Crippen LogP contribution < -0.4 is 5.32 Å². The van der Waals surface area contributed by atoms with Crippen LogP contribution in [0.4, 0.5) is 10.1 Å². The molecule has 0 radical (unpaired) electrons. The van der Waals surface area contributed by atoms with Crippen molar-refractivity contribution in [3.63, 3.8) is 0 Å². The Morgan fingerprint density at radius 3 is 2.80 bits per heavy atom. The number of rotatable bonds is 2. The van der Waals surface area contributed by atoms with Crippen molar-refractivity contribution in [2.75, 3.05) is 5.32 Å². The first-order valence-corrected chi connectivity index (χ1v) is 5.37. The molecule has 2 nitrogen and oxygen atoms in total. The van der Waals surface area contributed by atoms with Crippen LogP contribution in [0.3, 0.4) is 0 Å². The minimum atomic E-state index is -0.342. The molecule has 1 aromatic rings. The molecule has 1 aliphatic carbocycles. The fourth-order valence-electron chi connectivity index (χ4n) is 2.05. The first-order chi connectivity index (χ1) is 7.16. The van der Waals surface area contributed by atoms with Crippen LogP contribution in [0.25, 0.3) is 0 Å². The molecule has 0 aromatic heterocycles. The van der Waals surface area contributed by atoms with Crippen molar-refractivity contribution in [2.24, 2.45) is 0 Å². The highest BCUT2D eigenvalue weighted by molar-refractivity contribution is 5.47.